The van der Waals surface area contributed by atoms with Crippen molar-refractivity contribution in [2.24, 2.45) is 0 Å². The smallest absolute Gasteiger partial charge is 0.147 e. The maximum Gasteiger partial charge on any atom is 0.147 e. The third-order valence-electron chi connectivity index (χ3n) is 1.96. The van der Waals surface area contributed by atoms with Gasteiger partial charge in [-0.05, 0) is 5.38 Å². The second-order valence-electron chi connectivity index (χ2n) is 2.84. The monoisotopic (exact) mass is 209 g/mol. The Balaban J connectivity index is 2.57. The van der Waals surface area contributed by atoms with Crippen molar-refractivity contribution in [3.8, 4) is 0 Å². The fourth-order valence-corrected chi connectivity index (χ4v) is 2.34. The summed E-state index contributed by atoms with van der Waals surface area (Å²) in [6.07, 6.45) is 1.57. The van der Waals surface area contributed by atoms with Crippen LogP contribution in [0.1, 0.15) is 5.56 Å². The third-order valence-corrected chi connectivity index (χ3v) is 2.99. The van der Waals surface area contributed by atoms with Gasteiger partial charge in [0.15, 0.2) is 0 Å². The Morgan fingerprint density at radius 3 is 3.07 bits per heavy atom. The Labute approximate surface area is 86.0 Å². The number of hydrogen-bond donors (Lipinski definition) is 1. The molecular weight excluding hydrogens is 198 g/mol. The highest BCUT2D eigenvalue weighted by Crippen LogP contribution is 2.28. The van der Waals surface area contributed by atoms with Crippen LogP contribution in [0.2, 0.25) is 0 Å². The maximum atomic E-state index is 5.09. The quantitative estimate of drug-likeness (QED) is 0.838. The first-order valence-electron chi connectivity index (χ1n) is 4.24. The molecule has 0 aliphatic carbocycles. The molecule has 0 radical (unpaired) electrons. The van der Waals surface area contributed by atoms with Crippen LogP contribution >= 0.6 is 11.3 Å². The maximum absolute atomic E-state index is 5.09. The molecule has 74 valence electrons. The van der Waals surface area contributed by atoms with Crippen molar-refractivity contribution in [3.63, 3.8) is 0 Å². The molecule has 5 heteroatoms. The average molecular weight is 209 g/mol. The van der Waals surface area contributed by atoms with Gasteiger partial charge in [0.25, 0.3) is 0 Å². The number of nitrogens with one attached hydrogen (secondary N) is 1. The Kier molecular flexibility index (Phi) is 2.60. The van der Waals surface area contributed by atoms with Crippen LogP contribution in [0.25, 0.3) is 10.2 Å². The molecule has 0 amide bonds. The van der Waals surface area contributed by atoms with Crippen molar-refractivity contribution in [2.45, 2.75) is 6.61 Å². The van der Waals surface area contributed by atoms with Crippen LogP contribution in [-0.2, 0) is 11.3 Å². The van der Waals surface area contributed by atoms with Gasteiger partial charge in [-0.3, -0.25) is 0 Å². The lowest BCUT2D eigenvalue weighted by Crippen LogP contribution is -1.93. The Morgan fingerprint density at radius 2 is 2.36 bits per heavy atom. The minimum Gasteiger partial charge on any atom is -0.380 e. The third kappa shape index (κ3) is 1.44. The summed E-state index contributed by atoms with van der Waals surface area (Å²) in [7, 11) is 3.54. The largest absolute Gasteiger partial charge is 0.380 e. The van der Waals surface area contributed by atoms with Gasteiger partial charge in [0, 0.05) is 19.7 Å². The first-order chi connectivity index (χ1) is 6.86. The fourth-order valence-electron chi connectivity index (χ4n) is 1.34. The van der Waals surface area contributed by atoms with E-state index in [4.69, 9.17) is 4.74 Å². The van der Waals surface area contributed by atoms with Gasteiger partial charge in [-0.2, -0.15) is 0 Å². The summed E-state index contributed by atoms with van der Waals surface area (Å²) >= 11 is 1.64. The number of rotatable bonds is 3. The lowest BCUT2D eigenvalue weighted by atomic mass is 10.3. The Hall–Kier alpha value is -1.20. The highest BCUT2D eigenvalue weighted by molar-refractivity contribution is 7.18. The number of nitrogens with zero attached hydrogens (tertiary/aromatic N) is 2. The predicted molar refractivity (Wildman–Crippen MR) is 57.7 cm³/mol. The number of methoxy groups -OCH3 is 1. The summed E-state index contributed by atoms with van der Waals surface area (Å²) in [6.45, 7) is 0.597. The van der Waals surface area contributed by atoms with E-state index in [2.05, 4.69) is 20.7 Å². The minimum atomic E-state index is 0.597. The Morgan fingerprint density at radius 1 is 1.50 bits per heavy atom. The number of anilines is 1. The van der Waals surface area contributed by atoms with Crippen LogP contribution in [-0.4, -0.2) is 24.1 Å². The minimum absolute atomic E-state index is 0.597. The summed E-state index contributed by atoms with van der Waals surface area (Å²) in [5, 5.41) is 5.10. The van der Waals surface area contributed by atoms with E-state index in [9.17, 15) is 0 Å². The van der Waals surface area contributed by atoms with Crippen molar-refractivity contribution in [1.82, 2.24) is 9.97 Å². The molecule has 0 aliphatic rings. The van der Waals surface area contributed by atoms with Crippen LogP contribution in [0.3, 0.4) is 0 Å². The van der Waals surface area contributed by atoms with Crippen LogP contribution in [0, 0.1) is 0 Å². The predicted octanol–water partition coefficient (Wildman–Crippen LogP) is 1.88. The first kappa shape index (κ1) is 9.36. The van der Waals surface area contributed by atoms with Crippen LogP contribution in [0.15, 0.2) is 11.7 Å². The van der Waals surface area contributed by atoms with Gasteiger partial charge in [-0.15, -0.1) is 11.3 Å². The molecule has 1 N–H and O–H groups in total. The highest BCUT2D eigenvalue weighted by atomic mass is 32.1. The molecule has 2 aromatic heterocycles. The second kappa shape index (κ2) is 3.89. The normalized spacial score (nSPS) is 10.7. The number of ether oxygens (including phenoxy) is 1. The zero-order valence-corrected chi connectivity index (χ0v) is 8.89. The van der Waals surface area contributed by atoms with Crippen molar-refractivity contribution >= 4 is 27.4 Å². The van der Waals surface area contributed by atoms with Crippen molar-refractivity contribution in [2.75, 3.05) is 19.5 Å². The Bertz CT molecular complexity index is 441. The van der Waals surface area contributed by atoms with Gasteiger partial charge in [0.1, 0.15) is 12.1 Å². The molecule has 0 atom stereocenters. The molecule has 2 aromatic rings. The lowest BCUT2D eigenvalue weighted by molar-refractivity contribution is 0.186. The molecule has 14 heavy (non-hydrogen) atoms. The van der Waals surface area contributed by atoms with Crippen molar-refractivity contribution in [1.29, 1.82) is 0 Å². The molecule has 0 saturated heterocycles. The second-order valence-corrected chi connectivity index (χ2v) is 3.72. The zero-order chi connectivity index (χ0) is 9.97. The summed E-state index contributed by atoms with van der Waals surface area (Å²) in [5.41, 5.74) is 2.10. The number of fused-ring (bicyclic) bond motifs is 1. The summed E-state index contributed by atoms with van der Waals surface area (Å²) in [6, 6.07) is 0. The summed E-state index contributed by atoms with van der Waals surface area (Å²) in [5.74, 6) is 0.877. The van der Waals surface area contributed by atoms with E-state index in [0.717, 1.165) is 21.6 Å². The van der Waals surface area contributed by atoms with Gasteiger partial charge in [0.05, 0.1) is 16.8 Å². The van der Waals surface area contributed by atoms with Gasteiger partial charge >= 0.3 is 0 Å². The van der Waals surface area contributed by atoms with E-state index in [1.54, 1.807) is 24.8 Å². The van der Waals surface area contributed by atoms with Crippen molar-refractivity contribution < 1.29 is 4.74 Å². The summed E-state index contributed by atoms with van der Waals surface area (Å²) in [4.78, 5) is 8.39. The van der Waals surface area contributed by atoms with Crippen LogP contribution < -0.4 is 5.32 Å². The van der Waals surface area contributed by atoms with Gasteiger partial charge < -0.3 is 10.1 Å². The average Bonchev–Trinajstić information content (AvgIpc) is 2.62. The summed E-state index contributed by atoms with van der Waals surface area (Å²) < 4.78 is 6.18. The molecule has 0 bridgehead atoms. The zero-order valence-electron chi connectivity index (χ0n) is 8.07. The number of aromatic nitrogens is 2. The SMILES string of the molecule is CNc1ncnc2c(COC)csc12. The molecule has 0 aromatic carbocycles. The number of hydrogen-bond acceptors (Lipinski definition) is 5. The fraction of sp³-hybridized carbons (Fsp3) is 0.333. The molecule has 0 spiro atoms. The van der Waals surface area contributed by atoms with Crippen molar-refractivity contribution in [3.05, 3.63) is 17.3 Å². The van der Waals surface area contributed by atoms with Crippen LogP contribution in [0.5, 0.6) is 0 Å². The van der Waals surface area contributed by atoms with Gasteiger partial charge in [-0.1, -0.05) is 0 Å². The van der Waals surface area contributed by atoms with Gasteiger partial charge in [-0.25, -0.2) is 9.97 Å². The highest BCUT2D eigenvalue weighted by Gasteiger charge is 2.08. The molecule has 2 rings (SSSR count). The number of thiophene rings is 1. The topological polar surface area (TPSA) is 47.0 Å². The van der Waals surface area contributed by atoms with E-state index < -0.39 is 0 Å². The molecule has 0 saturated carbocycles. The molecule has 0 aliphatic heterocycles. The van der Waals surface area contributed by atoms with E-state index in [1.807, 2.05) is 7.05 Å². The van der Waals surface area contributed by atoms with E-state index in [-0.39, 0.29) is 0 Å². The van der Waals surface area contributed by atoms with Gasteiger partial charge in [0.2, 0.25) is 0 Å². The molecule has 0 unspecified atom stereocenters. The van der Waals surface area contributed by atoms with E-state index >= 15 is 0 Å². The standard InChI is InChI=1S/C9H11N3OS/c1-10-9-8-7(11-5-12-9)6(3-13-2)4-14-8/h4-5H,3H2,1-2H3,(H,10,11,12). The van der Waals surface area contributed by atoms with E-state index in [1.165, 1.54) is 0 Å². The first-order valence-corrected chi connectivity index (χ1v) is 5.12. The van der Waals surface area contributed by atoms with E-state index in [0.29, 0.717) is 6.61 Å². The molecule has 0 fully saturated rings. The molecular formula is C9H11N3OS. The van der Waals surface area contributed by atoms with Crippen LogP contribution in [0.4, 0.5) is 5.82 Å². The molecule has 4 nitrogen and oxygen atoms in total. The lowest BCUT2D eigenvalue weighted by Gasteiger charge is -2.00. The molecule has 2 heterocycles.